The molecule has 172 valence electrons. The van der Waals surface area contributed by atoms with Crippen molar-refractivity contribution in [3.05, 3.63) is 58.1 Å². The molecule has 2 amide bonds. The van der Waals surface area contributed by atoms with E-state index in [0.29, 0.717) is 41.7 Å². The van der Waals surface area contributed by atoms with Gasteiger partial charge in [-0.1, -0.05) is 35.3 Å². The van der Waals surface area contributed by atoms with Gasteiger partial charge in [0.05, 0.1) is 23.3 Å². The average molecular weight is 486 g/mol. The number of hydrogen-bond donors (Lipinski definition) is 2. The Morgan fingerprint density at radius 1 is 1.16 bits per heavy atom. The minimum absolute atomic E-state index is 0.0881. The number of ether oxygens (including phenoxy) is 1. The van der Waals surface area contributed by atoms with E-state index in [2.05, 4.69) is 15.4 Å². The van der Waals surface area contributed by atoms with Crippen LogP contribution in [-0.4, -0.2) is 49.0 Å². The van der Waals surface area contributed by atoms with Gasteiger partial charge in [0.2, 0.25) is 11.8 Å². The molecule has 10 heteroatoms. The number of amides is 2. The molecule has 1 heterocycles. The quantitative estimate of drug-likeness (QED) is 0.553. The smallest absolute Gasteiger partial charge is 0.387 e. The molecule has 0 saturated carbocycles. The molecule has 2 N–H and O–H groups in total. The monoisotopic (exact) mass is 485 g/mol. The summed E-state index contributed by atoms with van der Waals surface area (Å²) in [5, 5.41) is 6.47. The lowest BCUT2D eigenvalue weighted by Crippen LogP contribution is -2.45. The fraction of sp³-hybridized carbons (Fsp3) is 0.364. The van der Waals surface area contributed by atoms with Crippen molar-refractivity contribution in [1.82, 2.24) is 10.2 Å². The Bertz CT molecular complexity index is 945. The summed E-state index contributed by atoms with van der Waals surface area (Å²) in [7, 11) is 0. The van der Waals surface area contributed by atoms with Gasteiger partial charge in [0.15, 0.2) is 0 Å². The molecule has 1 unspecified atom stereocenters. The van der Waals surface area contributed by atoms with Crippen molar-refractivity contribution in [3.8, 4) is 5.75 Å². The molecule has 0 aliphatic carbocycles. The summed E-state index contributed by atoms with van der Waals surface area (Å²) >= 11 is 12.1. The fourth-order valence-electron chi connectivity index (χ4n) is 3.55. The second-order valence-electron chi connectivity index (χ2n) is 7.36. The first-order valence-corrected chi connectivity index (χ1v) is 10.9. The fourth-order valence-corrected chi connectivity index (χ4v) is 3.88. The number of carbonyl (C=O) groups is 2. The van der Waals surface area contributed by atoms with Crippen molar-refractivity contribution in [2.75, 3.05) is 25.0 Å². The molecule has 6 nitrogen and oxygen atoms in total. The molecule has 3 rings (SSSR count). The molecule has 32 heavy (non-hydrogen) atoms. The largest absolute Gasteiger partial charge is 0.435 e. The van der Waals surface area contributed by atoms with Crippen LogP contribution >= 0.6 is 23.2 Å². The summed E-state index contributed by atoms with van der Waals surface area (Å²) in [5.74, 6) is -0.334. The Balaban J connectivity index is 1.45. The van der Waals surface area contributed by atoms with E-state index in [1.54, 1.807) is 30.3 Å². The van der Waals surface area contributed by atoms with Gasteiger partial charge in [0.25, 0.3) is 0 Å². The lowest BCUT2D eigenvalue weighted by atomic mass is 10.1. The molecule has 1 aliphatic heterocycles. The molecule has 0 spiro atoms. The molecule has 1 fully saturated rings. The van der Waals surface area contributed by atoms with Gasteiger partial charge < -0.3 is 15.4 Å². The van der Waals surface area contributed by atoms with E-state index in [4.69, 9.17) is 23.2 Å². The lowest BCUT2D eigenvalue weighted by molar-refractivity contribution is -0.124. The number of rotatable bonds is 9. The number of anilines is 1. The van der Waals surface area contributed by atoms with Crippen LogP contribution in [0.25, 0.3) is 0 Å². The first kappa shape index (κ1) is 24.2. The summed E-state index contributed by atoms with van der Waals surface area (Å²) in [6.07, 6.45) is 1.99. The first-order chi connectivity index (χ1) is 15.3. The highest BCUT2D eigenvalue weighted by Gasteiger charge is 2.32. The molecule has 0 radical (unpaired) electrons. The summed E-state index contributed by atoms with van der Waals surface area (Å²) in [6.45, 7) is -1.74. The highest BCUT2D eigenvalue weighted by molar-refractivity contribution is 6.35. The molecule has 2 aromatic carbocycles. The number of likely N-dealkylation sites (tertiary alicyclic amines) is 1. The third kappa shape index (κ3) is 7.05. The number of nitrogens with one attached hydrogen (secondary N) is 2. The van der Waals surface area contributed by atoms with Gasteiger partial charge in [0, 0.05) is 11.6 Å². The van der Waals surface area contributed by atoms with Crippen LogP contribution < -0.4 is 15.4 Å². The van der Waals surface area contributed by atoms with E-state index in [1.165, 1.54) is 12.1 Å². The van der Waals surface area contributed by atoms with Crippen molar-refractivity contribution < 1.29 is 23.1 Å². The van der Waals surface area contributed by atoms with Gasteiger partial charge in [-0.05, 0) is 61.7 Å². The zero-order valence-corrected chi connectivity index (χ0v) is 18.6. The molecular weight excluding hydrogens is 463 g/mol. The highest BCUT2D eigenvalue weighted by atomic mass is 35.5. The molecular formula is C22H23Cl2F2N3O3. The maximum absolute atomic E-state index is 12.7. The summed E-state index contributed by atoms with van der Waals surface area (Å²) in [6, 6.07) is 10.7. The normalized spacial score (nSPS) is 16.2. The van der Waals surface area contributed by atoms with Crippen LogP contribution in [0.2, 0.25) is 10.0 Å². The number of halogens is 4. The Kier molecular flexibility index (Phi) is 8.67. The third-order valence-corrected chi connectivity index (χ3v) is 5.65. The van der Waals surface area contributed by atoms with Gasteiger partial charge in [-0.3, -0.25) is 14.5 Å². The maximum Gasteiger partial charge on any atom is 0.387 e. The van der Waals surface area contributed by atoms with Crippen molar-refractivity contribution in [2.24, 2.45) is 0 Å². The molecule has 0 bridgehead atoms. The Morgan fingerprint density at radius 2 is 1.91 bits per heavy atom. The van der Waals surface area contributed by atoms with Crippen LogP contribution in [0.3, 0.4) is 0 Å². The Labute approximate surface area is 194 Å². The van der Waals surface area contributed by atoms with Crippen molar-refractivity contribution >= 4 is 40.7 Å². The van der Waals surface area contributed by atoms with Crippen LogP contribution in [0.1, 0.15) is 18.4 Å². The number of carbonyl (C=O) groups excluding carboxylic acids is 2. The first-order valence-electron chi connectivity index (χ1n) is 10.1. The number of benzene rings is 2. The van der Waals surface area contributed by atoms with E-state index in [-0.39, 0.29) is 24.1 Å². The van der Waals surface area contributed by atoms with Crippen LogP contribution in [0, 0.1) is 0 Å². The van der Waals surface area contributed by atoms with Crippen LogP contribution in [0.5, 0.6) is 5.75 Å². The number of alkyl halides is 2. The average Bonchev–Trinajstić information content (AvgIpc) is 3.20. The predicted octanol–water partition coefficient (Wildman–Crippen LogP) is 4.36. The predicted molar refractivity (Wildman–Crippen MR) is 119 cm³/mol. The molecule has 2 aromatic rings. The van der Waals surface area contributed by atoms with Crippen LogP contribution in [-0.2, 0) is 16.0 Å². The molecule has 1 atom stereocenters. The molecule has 1 aliphatic rings. The van der Waals surface area contributed by atoms with E-state index >= 15 is 0 Å². The summed E-state index contributed by atoms with van der Waals surface area (Å²) < 4.78 is 28.7. The SMILES string of the molecule is O=C(CN1CCCC1C(=O)Nc1cc(Cl)ccc1Cl)NCCc1ccc(OC(F)F)cc1. The Morgan fingerprint density at radius 3 is 2.62 bits per heavy atom. The molecule has 1 saturated heterocycles. The van der Waals surface area contributed by atoms with E-state index in [1.807, 2.05) is 4.90 Å². The van der Waals surface area contributed by atoms with E-state index in [0.717, 1.165) is 12.0 Å². The minimum atomic E-state index is -2.86. The summed E-state index contributed by atoms with van der Waals surface area (Å²) in [5.41, 5.74) is 1.31. The third-order valence-electron chi connectivity index (χ3n) is 5.08. The maximum atomic E-state index is 12.7. The van der Waals surface area contributed by atoms with Gasteiger partial charge >= 0.3 is 6.61 Å². The summed E-state index contributed by atoms with van der Waals surface area (Å²) in [4.78, 5) is 26.9. The number of hydrogen-bond acceptors (Lipinski definition) is 4. The standard InChI is InChI=1S/C22H23Cl2F2N3O3/c23-15-5-8-17(24)18(12-15)28-21(31)19-2-1-11-29(19)13-20(30)27-10-9-14-3-6-16(7-4-14)32-22(25)26/h3-8,12,19,22H,1-2,9-11,13H2,(H,27,30)(H,28,31). The molecule has 0 aromatic heterocycles. The van der Waals surface area contributed by atoms with Crippen molar-refractivity contribution in [3.63, 3.8) is 0 Å². The minimum Gasteiger partial charge on any atom is -0.435 e. The van der Waals surface area contributed by atoms with E-state index in [9.17, 15) is 18.4 Å². The Hall–Kier alpha value is -2.42. The van der Waals surface area contributed by atoms with Crippen molar-refractivity contribution in [2.45, 2.75) is 31.9 Å². The number of nitrogens with zero attached hydrogens (tertiary/aromatic N) is 1. The second-order valence-corrected chi connectivity index (χ2v) is 8.21. The lowest BCUT2D eigenvalue weighted by Gasteiger charge is -2.23. The van der Waals surface area contributed by atoms with Gasteiger partial charge in [-0.25, -0.2) is 0 Å². The van der Waals surface area contributed by atoms with Crippen molar-refractivity contribution in [1.29, 1.82) is 0 Å². The van der Waals surface area contributed by atoms with Gasteiger partial charge in [-0.15, -0.1) is 0 Å². The van der Waals surface area contributed by atoms with Crippen LogP contribution in [0.4, 0.5) is 14.5 Å². The second kappa shape index (κ2) is 11.4. The highest BCUT2D eigenvalue weighted by Crippen LogP contribution is 2.27. The zero-order chi connectivity index (χ0) is 23.1. The zero-order valence-electron chi connectivity index (χ0n) is 17.1. The van der Waals surface area contributed by atoms with E-state index < -0.39 is 12.7 Å². The van der Waals surface area contributed by atoms with Crippen LogP contribution in [0.15, 0.2) is 42.5 Å². The topological polar surface area (TPSA) is 70.7 Å². The van der Waals surface area contributed by atoms with Gasteiger partial charge in [-0.2, -0.15) is 8.78 Å². The van der Waals surface area contributed by atoms with Gasteiger partial charge in [0.1, 0.15) is 5.75 Å².